The van der Waals surface area contributed by atoms with Crippen molar-refractivity contribution < 1.29 is 10.2 Å². The van der Waals surface area contributed by atoms with E-state index >= 15 is 0 Å². The van der Waals surface area contributed by atoms with Crippen LogP contribution in [0.2, 0.25) is 0 Å². The molecule has 2 aromatic carbocycles. The first kappa shape index (κ1) is 50.1. The molecule has 8 aliphatic rings. The van der Waals surface area contributed by atoms with E-state index in [1.807, 2.05) is 0 Å². The third-order valence-electron chi connectivity index (χ3n) is 24.4. The molecule has 0 radical (unpaired) electrons. The van der Waals surface area contributed by atoms with Crippen molar-refractivity contribution in [3.8, 4) is 0 Å². The van der Waals surface area contributed by atoms with Crippen molar-refractivity contribution >= 4 is 5.57 Å². The van der Waals surface area contributed by atoms with Gasteiger partial charge in [0.15, 0.2) is 0 Å². The monoisotopic (exact) mass is 913 g/mol. The second-order valence-electron chi connectivity index (χ2n) is 27.1. The van der Waals surface area contributed by atoms with Crippen LogP contribution in [0.4, 0.5) is 0 Å². The SMILES string of the molecule is CC[C@H]1[C@@H](O)[C@H]2C3CC[C@H]([C@H](C)CC)[C@@]3(C)CCC2[C@@]2(C)CC[C@@H](C)C[C@@H]12.CC[C@H]1[C@@H](O)[C@H]2C3CC[C@H]([C@H](C)CC=C(c4ccccc4)c4ccccc4)[C@@]3(C)CCC2[C@@]2(C)CC[C@@H](C)C[C@@H]12. The van der Waals surface area contributed by atoms with E-state index in [1.165, 1.54) is 119 Å². The zero-order valence-electron chi connectivity index (χ0n) is 44.9. The van der Waals surface area contributed by atoms with Crippen LogP contribution >= 0.6 is 0 Å². The van der Waals surface area contributed by atoms with Gasteiger partial charge in [-0.25, -0.2) is 0 Å². The Morgan fingerprint density at radius 1 is 0.522 bits per heavy atom. The molecule has 2 heteroatoms. The molecule has 0 aliphatic heterocycles. The number of hydrogen-bond donors (Lipinski definition) is 2. The lowest BCUT2D eigenvalue weighted by atomic mass is 9.41. The quantitative estimate of drug-likeness (QED) is 0.263. The van der Waals surface area contributed by atoms with Crippen molar-refractivity contribution in [3.63, 3.8) is 0 Å². The van der Waals surface area contributed by atoms with Crippen molar-refractivity contribution in [2.24, 2.45) is 116 Å². The molecule has 0 bridgehead atoms. The third-order valence-corrected chi connectivity index (χ3v) is 24.4. The van der Waals surface area contributed by atoms with Crippen molar-refractivity contribution in [2.45, 2.75) is 204 Å². The lowest BCUT2D eigenvalue weighted by molar-refractivity contribution is -0.198. The zero-order chi connectivity index (χ0) is 47.6. The van der Waals surface area contributed by atoms with Gasteiger partial charge in [0.1, 0.15) is 0 Å². The molecule has 0 aromatic heterocycles. The van der Waals surface area contributed by atoms with Gasteiger partial charge in [-0.1, -0.05) is 175 Å². The van der Waals surface area contributed by atoms with Gasteiger partial charge in [0.2, 0.25) is 0 Å². The highest BCUT2D eigenvalue weighted by molar-refractivity contribution is 5.79. The van der Waals surface area contributed by atoms with Crippen LogP contribution in [0, 0.1) is 116 Å². The molecule has 0 heterocycles. The minimum absolute atomic E-state index is 0.0383. The highest BCUT2D eigenvalue weighted by atomic mass is 16.3. The van der Waals surface area contributed by atoms with Gasteiger partial charge in [0, 0.05) is 0 Å². The number of benzene rings is 2. The summed E-state index contributed by atoms with van der Waals surface area (Å²) in [6, 6.07) is 21.9. The molecular weight excluding hydrogens is 813 g/mol. The minimum atomic E-state index is -0.0975. The lowest BCUT2D eigenvalue weighted by Gasteiger charge is -2.65. The molecule has 8 aliphatic carbocycles. The van der Waals surface area contributed by atoms with Gasteiger partial charge in [0.05, 0.1) is 12.2 Å². The summed E-state index contributed by atoms with van der Waals surface area (Å²) in [6.07, 6.45) is 26.5. The molecule has 2 nitrogen and oxygen atoms in total. The second kappa shape index (κ2) is 19.6. The number of allylic oxidation sites excluding steroid dienone is 1. The maximum absolute atomic E-state index is 12.1. The molecule has 0 saturated heterocycles. The van der Waals surface area contributed by atoms with E-state index in [1.54, 1.807) is 0 Å². The highest BCUT2D eigenvalue weighted by Crippen LogP contribution is 2.72. The summed E-state index contributed by atoms with van der Waals surface area (Å²) in [4.78, 5) is 0. The molecule has 8 saturated carbocycles. The maximum Gasteiger partial charge on any atom is 0.0605 e. The number of hydrogen-bond acceptors (Lipinski definition) is 2. The molecule has 2 aromatic rings. The van der Waals surface area contributed by atoms with Crippen molar-refractivity contribution in [2.75, 3.05) is 0 Å². The number of aliphatic hydroxyl groups excluding tert-OH is 2. The molecule has 10 rings (SSSR count). The molecule has 372 valence electrons. The Morgan fingerprint density at radius 3 is 1.31 bits per heavy atom. The van der Waals surface area contributed by atoms with E-state index in [0.717, 1.165) is 72.0 Å². The van der Waals surface area contributed by atoms with Gasteiger partial charge in [-0.15, -0.1) is 0 Å². The van der Waals surface area contributed by atoms with Crippen LogP contribution in [0.15, 0.2) is 66.7 Å². The highest BCUT2D eigenvalue weighted by Gasteiger charge is 2.66. The van der Waals surface area contributed by atoms with Gasteiger partial charge in [-0.2, -0.15) is 0 Å². The molecule has 8 fully saturated rings. The van der Waals surface area contributed by atoms with Crippen LogP contribution in [-0.4, -0.2) is 22.4 Å². The van der Waals surface area contributed by atoms with Crippen LogP contribution in [-0.2, 0) is 0 Å². The van der Waals surface area contributed by atoms with E-state index in [2.05, 4.69) is 143 Å². The van der Waals surface area contributed by atoms with Crippen molar-refractivity contribution in [1.29, 1.82) is 0 Å². The average molecular weight is 914 g/mol. The Kier molecular flexibility index (Phi) is 14.6. The molecule has 0 spiro atoms. The van der Waals surface area contributed by atoms with E-state index in [-0.39, 0.29) is 12.2 Å². The van der Waals surface area contributed by atoms with Crippen LogP contribution in [0.25, 0.3) is 5.57 Å². The van der Waals surface area contributed by atoms with Gasteiger partial charge in [0.25, 0.3) is 0 Å². The summed E-state index contributed by atoms with van der Waals surface area (Å²) in [5.74, 6) is 11.4. The lowest BCUT2D eigenvalue weighted by Crippen LogP contribution is -2.61. The fourth-order valence-corrected chi connectivity index (χ4v) is 20.7. The fourth-order valence-electron chi connectivity index (χ4n) is 20.7. The van der Waals surface area contributed by atoms with E-state index in [4.69, 9.17) is 0 Å². The van der Waals surface area contributed by atoms with Crippen molar-refractivity contribution in [3.05, 3.63) is 77.9 Å². The molecular formula is C65H100O2. The Bertz CT molecular complexity index is 1930. The summed E-state index contributed by atoms with van der Waals surface area (Å²) in [6.45, 7) is 27.6. The molecule has 0 amide bonds. The fraction of sp³-hybridized carbons (Fsp3) is 0.785. The first-order valence-corrected chi connectivity index (χ1v) is 29.2. The molecule has 67 heavy (non-hydrogen) atoms. The summed E-state index contributed by atoms with van der Waals surface area (Å²) in [7, 11) is 0. The summed E-state index contributed by atoms with van der Waals surface area (Å²) in [5, 5.41) is 23.9. The van der Waals surface area contributed by atoms with Gasteiger partial charge >= 0.3 is 0 Å². The van der Waals surface area contributed by atoms with Gasteiger partial charge in [-0.05, 0) is 217 Å². The second-order valence-corrected chi connectivity index (χ2v) is 27.1. The molecule has 2 N–H and O–H groups in total. The normalized spacial score (nSPS) is 47.3. The van der Waals surface area contributed by atoms with E-state index in [9.17, 15) is 10.2 Å². The average Bonchev–Trinajstić information content (AvgIpc) is 3.88. The topological polar surface area (TPSA) is 40.5 Å². The summed E-state index contributed by atoms with van der Waals surface area (Å²) in [5.41, 5.74) is 5.78. The van der Waals surface area contributed by atoms with Gasteiger partial charge in [-0.3, -0.25) is 0 Å². The van der Waals surface area contributed by atoms with Crippen molar-refractivity contribution in [1.82, 2.24) is 0 Å². The number of aliphatic hydroxyl groups is 2. The van der Waals surface area contributed by atoms with E-state index < -0.39 is 0 Å². The Morgan fingerprint density at radius 2 is 0.910 bits per heavy atom. The first-order chi connectivity index (χ1) is 32.0. The number of rotatable bonds is 9. The van der Waals surface area contributed by atoms with Crippen LogP contribution in [0.1, 0.15) is 203 Å². The summed E-state index contributed by atoms with van der Waals surface area (Å²) < 4.78 is 0. The number of fused-ring (bicyclic) bond motifs is 10. The molecule has 22 atom stereocenters. The smallest absolute Gasteiger partial charge is 0.0605 e. The minimum Gasteiger partial charge on any atom is -0.393 e. The standard InChI is InChI=1S/C39H54O.C26H46O/c1-6-30-35-25-26(2)21-23-39(35,5)34-22-24-38(4)32(19-20-33(38)36(34)37(30)40)27(3)17-18-31(28-13-9-7-10-14-28)29-15-11-8-12-16-29;1-7-17(4)19-9-10-20-23-21(12-14-25(19,20)5)26(6)13-11-16(3)15-22(26)18(8-2)24(23)27/h7-16,18,26-27,30,32-37,40H,6,17,19-25H2,1-5H3;16-24,27H,7-15H2,1-6H3/t26-,27-,30-,32-,33?,34?,35+,36+,37-,38-,39-;16-,17-,18-,19-,20?,21?,22+,23+,24-,25-,26-/m11/s1. The first-order valence-electron chi connectivity index (χ1n) is 29.2. The van der Waals surface area contributed by atoms with Crippen LogP contribution in [0.5, 0.6) is 0 Å². The maximum atomic E-state index is 12.1. The zero-order valence-corrected chi connectivity index (χ0v) is 44.9. The molecule has 4 unspecified atom stereocenters. The van der Waals surface area contributed by atoms with E-state index in [0.29, 0.717) is 57.2 Å². The Labute approximate surface area is 412 Å². The largest absolute Gasteiger partial charge is 0.393 e. The van der Waals surface area contributed by atoms with Gasteiger partial charge < -0.3 is 10.2 Å². The van der Waals surface area contributed by atoms with Crippen LogP contribution in [0.3, 0.4) is 0 Å². The predicted molar refractivity (Wildman–Crippen MR) is 283 cm³/mol. The van der Waals surface area contributed by atoms with Crippen LogP contribution < -0.4 is 0 Å². The Hall–Kier alpha value is -1.90. The predicted octanol–water partition coefficient (Wildman–Crippen LogP) is 17.0. The Balaban J connectivity index is 0.000000181. The summed E-state index contributed by atoms with van der Waals surface area (Å²) >= 11 is 0. The third kappa shape index (κ3) is 8.44.